The first-order valence-corrected chi connectivity index (χ1v) is 6.37. The first-order valence-electron chi connectivity index (χ1n) is 6.37. The molecule has 1 saturated carbocycles. The van der Waals surface area contributed by atoms with E-state index in [1.165, 1.54) is 18.2 Å². The van der Waals surface area contributed by atoms with Crippen molar-refractivity contribution >= 4 is 17.3 Å². The van der Waals surface area contributed by atoms with Gasteiger partial charge < -0.3 is 11.1 Å². The van der Waals surface area contributed by atoms with Gasteiger partial charge in [-0.25, -0.2) is 0 Å². The van der Waals surface area contributed by atoms with Gasteiger partial charge in [0, 0.05) is 17.8 Å². The number of rotatable bonds is 5. The number of nitro benzene ring substituents is 1. The molecule has 0 bridgehead atoms. The van der Waals surface area contributed by atoms with Gasteiger partial charge in [-0.05, 0) is 30.9 Å². The average Bonchev–Trinajstić information content (AvgIpc) is 3.07. The van der Waals surface area contributed by atoms with Crippen LogP contribution in [0.5, 0.6) is 0 Å². The third kappa shape index (κ3) is 3.01. The minimum Gasteiger partial charge on any atom is -0.399 e. The number of hydrogen-bond donors (Lipinski definition) is 2. The third-order valence-electron chi connectivity index (χ3n) is 3.36. The Balaban J connectivity index is 2.11. The van der Waals surface area contributed by atoms with Gasteiger partial charge in [0.2, 0.25) is 0 Å². The zero-order chi connectivity index (χ0) is 14.0. The van der Waals surface area contributed by atoms with Crippen LogP contribution < -0.4 is 11.1 Å². The lowest BCUT2D eigenvalue weighted by atomic mass is 10.1. The molecule has 0 aliphatic heterocycles. The van der Waals surface area contributed by atoms with E-state index in [1.54, 1.807) is 0 Å². The second-order valence-corrected chi connectivity index (χ2v) is 4.90. The van der Waals surface area contributed by atoms with Gasteiger partial charge >= 0.3 is 0 Å². The average molecular weight is 263 g/mol. The lowest BCUT2D eigenvalue weighted by Gasteiger charge is -2.06. The van der Waals surface area contributed by atoms with Crippen molar-refractivity contribution in [2.45, 2.75) is 32.2 Å². The molecule has 1 aliphatic rings. The Morgan fingerprint density at radius 3 is 2.95 bits per heavy atom. The molecule has 0 heterocycles. The van der Waals surface area contributed by atoms with Crippen molar-refractivity contribution in [1.82, 2.24) is 5.32 Å². The van der Waals surface area contributed by atoms with Crippen LogP contribution in [0.2, 0.25) is 0 Å². The summed E-state index contributed by atoms with van der Waals surface area (Å²) in [6.45, 7) is 2.10. The van der Waals surface area contributed by atoms with Crippen molar-refractivity contribution in [1.29, 1.82) is 0 Å². The fourth-order valence-electron chi connectivity index (χ4n) is 2.26. The van der Waals surface area contributed by atoms with Crippen LogP contribution in [0, 0.1) is 16.0 Å². The third-order valence-corrected chi connectivity index (χ3v) is 3.36. The van der Waals surface area contributed by atoms with E-state index < -0.39 is 10.8 Å². The smallest absolute Gasteiger partial charge is 0.282 e. The molecule has 0 radical (unpaired) electrons. The highest BCUT2D eigenvalue weighted by atomic mass is 16.6. The van der Waals surface area contributed by atoms with Crippen LogP contribution in [-0.4, -0.2) is 16.9 Å². The van der Waals surface area contributed by atoms with Gasteiger partial charge in [0.1, 0.15) is 5.56 Å². The number of nitrogens with zero attached hydrogens (tertiary/aromatic N) is 1. The summed E-state index contributed by atoms with van der Waals surface area (Å²) in [4.78, 5) is 22.4. The molecule has 2 atom stereocenters. The van der Waals surface area contributed by atoms with Crippen LogP contribution in [0.3, 0.4) is 0 Å². The monoisotopic (exact) mass is 263 g/mol. The number of nitrogens with two attached hydrogens (primary N) is 1. The highest BCUT2D eigenvalue weighted by molar-refractivity contribution is 5.99. The van der Waals surface area contributed by atoms with E-state index >= 15 is 0 Å². The molecule has 2 rings (SSSR count). The van der Waals surface area contributed by atoms with Crippen molar-refractivity contribution in [3.8, 4) is 0 Å². The molecule has 1 aromatic carbocycles. The molecule has 1 aliphatic carbocycles. The van der Waals surface area contributed by atoms with Gasteiger partial charge in [-0.15, -0.1) is 0 Å². The summed E-state index contributed by atoms with van der Waals surface area (Å²) in [6, 6.07) is 4.19. The minimum atomic E-state index is -0.565. The maximum Gasteiger partial charge on any atom is 0.282 e. The van der Waals surface area contributed by atoms with Crippen LogP contribution >= 0.6 is 0 Å². The van der Waals surface area contributed by atoms with Gasteiger partial charge in [-0.1, -0.05) is 13.3 Å². The predicted octanol–water partition coefficient (Wildman–Crippen LogP) is 2.10. The lowest BCUT2D eigenvalue weighted by Crippen LogP contribution is -2.27. The first kappa shape index (κ1) is 13.3. The quantitative estimate of drug-likeness (QED) is 0.482. The lowest BCUT2D eigenvalue weighted by molar-refractivity contribution is -0.385. The highest BCUT2D eigenvalue weighted by Gasteiger charge is 2.38. The summed E-state index contributed by atoms with van der Waals surface area (Å²) in [6.07, 6.45) is 3.11. The first-order chi connectivity index (χ1) is 9.02. The Bertz CT molecular complexity index is 516. The highest BCUT2D eigenvalue weighted by Crippen LogP contribution is 2.35. The summed E-state index contributed by atoms with van der Waals surface area (Å²) in [5.74, 6) is 0.0941. The topological polar surface area (TPSA) is 98.3 Å². The van der Waals surface area contributed by atoms with E-state index in [1.807, 2.05) is 0 Å². The number of carbonyl (C=O) groups is 1. The van der Waals surface area contributed by atoms with Gasteiger partial charge in [-0.2, -0.15) is 0 Å². The zero-order valence-corrected chi connectivity index (χ0v) is 10.8. The van der Waals surface area contributed by atoms with E-state index in [-0.39, 0.29) is 17.3 Å². The Labute approximate surface area is 111 Å². The molecule has 1 amide bonds. The molecule has 102 valence electrons. The Kier molecular flexibility index (Phi) is 3.69. The summed E-state index contributed by atoms with van der Waals surface area (Å²) in [5.41, 5.74) is 5.75. The standard InChI is InChI=1S/C13H17N3O3/c1-2-3-8-6-11(8)15-13(17)10-7-9(14)4-5-12(10)16(18)19/h4-5,7-8,11H,2-3,6,14H2,1H3,(H,15,17). The summed E-state index contributed by atoms with van der Waals surface area (Å²) in [7, 11) is 0. The Morgan fingerprint density at radius 2 is 2.32 bits per heavy atom. The number of amides is 1. The van der Waals surface area contributed by atoms with Crippen LogP contribution in [0.1, 0.15) is 36.5 Å². The summed E-state index contributed by atoms with van der Waals surface area (Å²) >= 11 is 0. The molecule has 3 N–H and O–H groups in total. The van der Waals surface area contributed by atoms with Gasteiger partial charge in [0.15, 0.2) is 0 Å². The second-order valence-electron chi connectivity index (χ2n) is 4.90. The predicted molar refractivity (Wildman–Crippen MR) is 71.8 cm³/mol. The number of carbonyl (C=O) groups excluding carboxylic acids is 1. The number of nitrogen functional groups attached to an aromatic ring is 1. The number of anilines is 1. The van der Waals surface area contributed by atoms with E-state index in [2.05, 4.69) is 12.2 Å². The van der Waals surface area contributed by atoms with E-state index in [4.69, 9.17) is 5.73 Å². The summed E-state index contributed by atoms with van der Waals surface area (Å²) < 4.78 is 0. The molecule has 1 fully saturated rings. The fraction of sp³-hybridized carbons (Fsp3) is 0.462. The molecule has 6 heteroatoms. The van der Waals surface area contributed by atoms with Crippen LogP contribution in [0.4, 0.5) is 11.4 Å². The molecule has 6 nitrogen and oxygen atoms in total. The molecule has 1 aromatic rings. The molecule has 0 aromatic heterocycles. The Morgan fingerprint density at radius 1 is 1.58 bits per heavy atom. The molecular weight excluding hydrogens is 246 g/mol. The van der Waals surface area contributed by atoms with Crippen LogP contribution in [0.25, 0.3) is 0 Å². The number of hydrogen-bond acceptors (Lipinski definition) is 4. The number of nitrogens with one attached hydrogen (secondary N) is 1. The normalized spacial score (nSPS) is 20.9. The number of nitro groups is 1. The van der Waals surface area contributed by atoms with E-state index in [0.717, 1.165) is 19.3 Å². The van der Waals surface area contributed by atoms with Gasteiger partial charge in [0.05, 0.1) is 4.92 Å². The van der Waals surface area contributed by atoms with Crippen molar-refractivity contribution in [3.63, 3.8) is 0 Å². The fourth-order valence-corrected chi connectivity index (χ4v) is 2.26. The van der Waals surface area contributed by atoms with E-state index in [9.17, 15) is 14.9 Å². The summed E-state index contributed by atoms with van der Waals surface area (Å²) in [5, 5.41) is 13.7. The molecular formula is C13H17N3O3. The molecule has 19 heavy (non-hydrogen) atoms. The number of benzene rings is 1. The van der Waals surface area contributed by atoms with Gasteiger partial charge in [-0.3, -0.25) is 14.9 Å². The Hall–Kier alpha value is -2.11. The van der Waals surface area contributed by atoms with Crippen molar-refractivity contribution in [2.24, 2.45) is 5.92 Å². The molecule has 0 spiro atoms. The van der Waals surface area contributed by atoms with Crippen LogP contribution in [-0.2, 0) is 0 Å². The SMILES string of the molecule is CCCC1CC1NC(=O)c1cc(N)ccc1[N+](=O)[O-]. The van der Waals surface area contributed by atoms with E-state index in [0.29, 0.717) is 11.6 Å². The molecule has 2 unspecified atom stereocenters. The van der Waals surface area contributed by atoms with Gasteiger partial charge in [0.25, 0.3) is 11.6 Å². The maximum atomic E-state index is 12.1. The van der Waals surface area contributed by atoms with Crippen LogP contribution in [0.15, 0.2) is 18.2 Å². The minimum absolute atomic E-state index is 0.0344. The maximum absolute atomic E-state index is 12.1. The zero-order valence-electron chi connectivity index (χ0n) is 10.8. The van der Waals surface area contributed by atoms with Crippen molar-refractivity contribution < 1.29 is 9.72 Å². The largest absolute Gasteiger partial charge is 0.399 e. The molecule has 0 saturated heterocycles. The van der Waals surface area contributed by atoms with Crippen molar-refractivity contribution in [3.05, 3.63) is 33.9 Å². The van der Waals surface area contributed by atoms with Crippen molar-refractivity contribution in [2.75, 3.05) is 5.73 Å². The second kappa shape index (κ2) is 5.26.